The topological polar surface area (TPSA) is 55.2 Å². The SMILES string of the molecule is CCCCn1nc(C(=O)N2CCCC2Cc2ccccc2)ccc1=O. The van der Waals surface area contributed by atoms with Gasteiger partial charge in [-0.05, 0) is 37.3 Å². The van der Waals surface area contributed by atoms with Crippen LogP contribution in [0.5, 0.6) is 0 Å². The molecule has 1 aliphatic rings. The Hall–Kier alpha value is -2.43. The first-order valence-electron chi connectivity index (χ1n) is 9.12. The zero-order valence-corrected chi connectivity index (χ0v) is 14.7. The van der Waals surface area contributed by atoms with E-state index >= 15 is 0 Å². The molecule has 2 aromatic rings. The van der Waals surface area contributed by atoms with Crippen LogP contribution in [-0.2, 0) is 13.0 Å². The molecule has 1 aliphatic heterocycles. The van der Waals surface area contributed by atoms with E-state index in [-0.39, 0.29) is 17.5 Å². The number of unbranched alkanes of at least 4 members (excludes halogenated alkanes) is 1. The summed E-state index contributed by atoms with van der Waals surface area (Å²) >= 11 is 0. The van der Waals surface area contributed by atoms with Crippen LogP contribution in [0.4, 0.5) is 0 Å². The second-order valence-corrected chi connectivity index (χ2v) is 6.62. The van der Waals surface area contributed by atoms with Gasteiger partial charge in [-0.15, -0.1) is 0 Å². The van der Waals surface area contributed by atoms with Crippen LogP contribution < -0.4 is 5.56 Å². The number of aryl methyl sites for hydroxylation is 1. The average Bonchev–Trinajstić information content (AvgIpc) is 3.09. The first kappa shape index (κ1) is 17.4. The van der Waals surface area contributed by atoms with Crippen LogP contribution in [0.1, 0.15) is 48.7 Å². The number of hydrogen-bond acceptors (Lipinski definition) is 3. The van der Waals surface area contributed by atoms with Crippen molar-refractivity contribution in [3.05, 3.63) is 64.1 Å². The number of hydrogen-bond donors (Lipinski definition) is 0. The van der Waals surface area contributed by atoms with Crippen LogP contribution in [0.3, 0.4) is 0 Å². The molecule has 0 bridgehead atoms. The Bertz CT molecular complexity index is 770. The van der Waals surface area contributed by atoms with Gasteiger partial charge in [0.2, 0.25) is 0 Å². The summed E-state index contributed by atoms with van der Waals surface area (Å²) in [7, 11) is 0. The van der Waals surface area contributed by atoms with E-state index in [9.17, 15) is 9.59 Å². The van der Waals surface area contributed by atoms with Gasteiger partial charge in [0.15, 0.2) is 0 Å². The summed E-state index contributed by atoms with van der Waals surface area (Å²) in [5, 5.41) is 4.31. The highest BCUT2D eigenvalue weighted by Crippen LogP contribution is 2.22. The lowest BCUT2D eigenvalue weighted by Crippen LogP contribution is -2.38. The minimum Gasteiger partial charge on any atom is -0.334 e. The lowest BCUT2D eigenvalue weighted by atomic mass is 10.0. The fourth-order valence-corrected chi connectivity index (χ4v) is 3.38. The van der Waals surface area contributed by atoms with Gasteiger partial charge < -0.3 is 4.90 Å². The van der Waals surface area contributed by atoms with E-state index < -0.39 is 0 Å². The Morgan fingerprint density at radius 3 is 2.76 bits per heavy atom. The normalized spacial score (nSPS) is 17.0. The zero-order valence-electron chi connectivity index (χ0n) is 14.7. The zero-order chi connectivity index (χ0) is 17.6. The molecule has 0 saturated carbocycles. The highest BCUT2D eigenvalue weighted by atomic mass is 16.2. The van der Waals surface area contributed by atoms with Crippen molar-refractivity contribution in [1.29, 1.82) is 0 Å². The van der Waals surface area contributed by atoms with E-state index in [0.717, 1.165) is 38.6 Å². The van der Waals surface area contributed by atoms with Crippen molar-refractivity contribution >= 4 is 5.91 Å². The monoisotopic (exact) mass is 339 g/mol. The number of amides is 1. The van der Waals surface area contributed by atoms with Crippen molar-refractivity contribution in [2.45, 2.75) is 51.6 Å². The molecule has 0 aliphatic carbocycles. The summed E-state index contributed by atoms with van der Waals surface area (Å²) in [4.78, 5) is 26.8. The van der Waals surface area contributed by atoms with Gasteiger partial charge in [0.1, 0.15) is 5.69 Å². The standard InChI is InChI=1S/C20H25N3O2/c1-2-3-14-23-19(24)12-11-18(21-23)20(25)22-13-7-10-17(22)15-16-8-5-4-6-9-16/h4-6,8-9,11-12,17H,2-3,7,10,13-15H2,1H3. The first-order chi connectivity index (χ1) is 12.2. The second-order valence-electron chi connectivity index (χ2n) is 6.62. The maximum absolute atomic E-state index is 12.9. The summed E-state index contributed by atoms with van der Waals surface area (Å²) in [5.41, 5.74) is 1.47. The van der Waals surface area contributed by atoms with Crippen LogP contribution in [0.15, 0.2) is 47.3 Å². The third-order valence-corrected chi connectivity index (χ3v) is 4.76. The number of carbonyl (C=O) groups excluding carboxylic acids is 1. The first-order valence-corrected chi connectivity index (χ1v) is 9.12. The predicted octanol–water partition coefficient (Wildman–Crippen LogP) is 2.89. The molecule has 5 heteroatoms. The van der Waals surface area contributed by atoms with Crippen LogP contribution >= 0.6 is 0 Å². The minimum absolute atomic E-state index is 0.0660. The van der Waals surface area contributed by atoms with Gasteiger partial charge in [0, 0.05) is 25.2 Å². The average molecular weight is 339 g/mol. The van der Waals surface area contributed by atoms with Crippen molar-refractivity contribution in [1.82, 2.24) is 14.7 Å². The van der Waals surface area contributed by atoms with Crippen molar-refractivity contribution in [3.63, 3.8) is 0 Å². The number of rotatable bonds is 6. The molecule has 1 aromatic heterocycles. The number of carbonyl (C=O) groups is 1. The maximum atomic E-state index is 12.9. The summed E-state index contributed by atoms with van der Waals surface area (Å²) in [5.74, 6) is -0.0660. The molecule has 1 amide bonds. The molecular weight excluding hydrogens is 314 g/mol. The predicted molar refractivity (Wildman–Crippen MR) is 97.6 cm³/mol. The molecule has 1 unspecified atom stereocenters. The van der Waals surface area contributed by atoms with E-state index in [1.165, 1.54) is 16.3 Å². The highest BCUT2D eigenvalue weighted by molar-refractivity contribution is 5.92. The van der Waals surface area contributed by atoms with Gasteiger partial charge in [-0.2, -0.15) is 5.10 Å². The Morgan fingerprint density at radius 1 is 1.20 bits per heavy atom. The lowest BCUT2D eigenvalue weighted by molar-refractivity contribution is 0.0727. The Labute approximate surface area is 148 Å². The van der Waals surface area contributed by atoms with Crippen LogP contribution in [0.2, 0.25) is 0 Å². The quantitative estimate of drug-likeness (QED) is 0.813. The van der Waals surface area contributed by atoms with E-state index in [1.54, 1.807) is 6.07 Å². The van der Waals surface area contributed by atoms with Gasteiger partial charge in [0.05, 0.1) is 0 Å². The summed E-state index contributed by atoms with van der Waals surface area (Å²) in [6.07, 6.45) is 4.75. The largest absolute Gasteiger partial charge is 0.334 e. The molecule has 1 fully saturated rings. The van der Waals surface area contributed by atoms with Gasteiger partial charge in [-0.3, -0.25) is 9.59 Å². The van der Waals surface area contributed by atoms with Crippen LogP contribution in [0, 0.1) is 0 Å². The van der Waals surface area contributed by atoms with Gasteiger partial charge in [-0.25, -0.2) is 4.68 Å². The molecule has 1 atom stereocenters. The van der Waals surface area contributed by atoms with Crippen LogP contribution in [0.25, 0.3) is 0 Å². The smallest absolute Gasteiger partial charge is 0.274 e. The number of aromatic nitrogens is 2. The van der Waals surface area contributed by atoms with E-state index in [0.29, 0.717) is 12.2 Å². The minimum atomic E-state index is -0.146. The summed E-state index contributed by atoms with van der Waals surface area (Å²) < 4.78 is 1.42. The molecule has 1 saturated heterocycles. The van der Waals surface area contributed by atoms with Crippen molar-refractivity contribution < 1.29 is 4.79 Å². The number of likely N-dealkylation sites (tertiary alicyclic amines) is 1. The number of nitrogens with zero attached hydrogens (tertiary/aromatic N) is 3. The van der Waals surface area contributed by atoms with E-state index in [1.807, 2.05) is 23.1 Å². The Morgan fingerprint density at radius 2 is 2.00 bits per heavy atom. The molecule has 0 radical (unpaired) electrons. The van der Waals surface area contributed by atoms with Gasteiger partial charge >= 0.3 is 0 Å². The fourth-order valence-electron chi connectivity index (χ4n) is 3.38. The Balaban J connectivity index is 1.76. The third kappa shape index (κ3) is 4.16. The van der Waals surface area contributed by atoms with Crippen molar-refractivity contribution in [2.75, 3.05) is 6.54 Å². The molecule has 2 heterocycles. The van der Waals surface area contributed by atoms with Crippen LogP contribution in [-0.4, -0.2) is 33.2 Å². The molecule has 0 N–H and O–H groups in total. The lowest BCUT2D eigenvalue weighted by Gasteiger charge is -2.24. The van der Waals surface area contributed by atoms with E-state index in [2.05, 4.69) is 24.2 Å². The molecule has 5 nitrogen and oxygen atoms in total. The molecule has 0 spiro atoms. The van der Waals surface area contributed by atoms with Gasteiger partial charge in [-0.1, -0.05) is 43.7 Å². The van der Waals surface area contributed by atoms with Crippen molar-refractivity contribution in [2.24, 2.45) is 0 Å². The summed E-state index contributed by atoms with van der Waals surface area (Å²) in [6.45, 7) is 3.38. The van der Waals surface area contributed by atoms with Gasteiger partial charge in [0.25, 0.3) is 11.5 Å². The van der Waals surface area contributed by atoms with E-state index in [4.69, 9.17) is 0 Å². The van der Waals surface area contributed by atoms with Crippen molar-refractivity contribution in [3.8, 4) is 0 Å². The fraction of sp³-hybridized carbons (Fsp3) is 0.450. The molecule has 25 heavy (non-hydrogen) atoms. The maximum Gasteiger partial charge on any atom is 0.274 e. The highest BCUT2D eigenvalue weighted by Gasteiger charge is 2.30. The second kappa shape index (κ2) is 8.10. The molecule has 1 aromatic carbocycles. The summed E-state index contributed by atoms with van der Waals surface area (Å²) in [6, 6.07) is 13.5. The number of benzene rings is 1. The molecule has 3 rings (SSSR count). The third-order valence-electron chi connectivity index (χ3n) is 4.76. The molecule has 132 valence electrons. The molecular formula is C20H25N3O2. The Kier molecular flexibility index (Phi) is 5.64.